The van der Waals surface area contributed by atoms with Crippen molar-refractivity contribution >= 4 is 35.0 Å². The van der Waals surface area contributed by atoms with Crippen LogP contribution in [-0.4, -0.2) is 17.3 Å². The Kier molecular flexibility index (Phi) is 4.26. The highest BCUT2D eigenvalue weighted by atomic mass is 35.5. The lowest BCUT2D eigenvalue weighted by Crippen LogP contribution is -2.16. The third-order valence-electron chi connectivity index (χ3n) is 2.85. The number of nitrogens with zero attached hydrogens (tertiary/aromatic N) is 1. The first kappa shape index (κ1) is 14.8. The first-order valence-corrected chi connectivity index (χ1v) is 6.81. The maximum Gasteiger partial charge on any atom is 0.418 e. The fourth-order valence-electron chi connectivity index (χ4n) is 2.04. The van der Waals surface area contributed by atoms with Gasteiger partial charge in [0.1, 0.15) is 0 Å². The summed E-state index contributed by atoms with van der Waals surface area (Å²) in [5.74, 6) is 0. The summed E-state index contributed by atoms with van der Waals surface area (Å²) in [6.07, 6.45) is -0.484. The van der Waals surface area contributed by atoms with E-state index in [1.54, 1.807) is 38.1 Å². The summed E-state index contributed by atoms with van der Waals surface area (Å²) in [4.78, 5) is 12.1. The monoisotopic (exact) mass is 312 g/mol. The Balaban J connectivity index is 2.64. The highest BCUT2D eigenvalue weighted by molar-refractivity contribution is 6.36. The van der Waals surface area contributed by atoms with Crippen LogP contribution in [0, 0.1) is 6.92 Å². The maximum atomic E-state index is 12.1. The Morgan fingerprint density at radius 3 is 2.65 bits per heavy atom. The van der Waals surface area contributed by atoms with Gasteiger partial charge in [-0.05, 0) is 38.1 Å². The Labute approximate surface area is 127 Å². The van der Waals surface area contributed by atoms with Gasteiger partial charge in [-0.2, -0.15) is 0 Å². The molecule has 0 atom stereocenters. The number of hydrogen-bond acceptors (Lipinski definition) is 3. The minimum atomic E-state index is -0.484. The van der Waals surface area contributed by atoms with Gasteiger partial charge in [0.15, 0.2) is 0 Å². The number of benzene rings is 1. The van der Waals surface area contributed by atoms with Crippen molar-refractivity contribution in [2.24, 2.45) is 0 Å². The Morgan fingerprint density at radius 2 is 2.05 bits per heavy atom. The van der Waals surface area contributed by atoms with E-state index in [9.17, 15) is 4.79 Å². The van der Waals surface area contributed by atoms with Crippen molar-refractivity contribution in [1.82, 2.24) is 4.57 Å². The van der Waals surface area contributed by atoms with Gasteiger partial charge in [0, 0.05) is 16.3 Å². The summed E-state index contributed by atoms with van der Waals surface area (Å²) in [6.45, 7) is 3.81. The standard InChI is InChI=1S/C14H14Cl2N2O2/c1-3-20-14(19)18-8(2)6-12(17)13(18)10-5-4-9(15)7-11(10)16/h4-7H,3,17H2,1-2H3. The van der Waals surface area contributed by atoms with E-state index in [2.05, 4.69) is 0 Å². The second kappa shape index (κ2) is 5.77. The molecule has 20 heavy (non-hydrogen) atoms. The van der Waals surface area contributed by atoms with Crippen molar-refractivity contribution < 1.29 is 9.53 Å². The minimum absolute atomic E-state index is 0.282. The van der Waals surface area contributed by atoms with Crippen LogP contribution in [0.2, 0.25) is 10.0 Å². The van der Waals surface area contributed by atoms with Crippen molar-refractivity contribution in [1.29, 1.82) is 0 Å². The molecule has 0 aliphatic carbocycles. The smallest absolute Gasteiger partial charge is 0.418 e. The molecule has 0 fully saturated rings. The number of rotatable bonds is 2. The van der Waals surface area contributed by atoms with Crippen molar-refractivity contribution in [2.75, 3.05) is 12.3 Å². The van der Waals surface area contributed by atoms with Gasteiger partial charge >= 0.3 is 6.09 Å². The third-order valence-corrected chi connectivity index (χ3v) is 3.40. The lowest BCUT2D eigenvalue weighted by molar-refractivity contribution is 0.154. The first-order chi connectivity index (χ1) is 9.45. The molecule has 0 radical (unpaired) electrons. The molecule has 1 heterocycles. The fraction of sp³-hybridized carbons (Fsp3) is 0.214. The molecule has 2 N–H and O–H groups in total. The Hall–Kier alpha value is -1.65. The van der Waals surface area contributed by atoms with Gasteiger partial charge in [0.25, 0.3) is 0 Å². The average molecular weight is 313 g/mol. The van der Waals surface area contributed by atoms with Crippen LogP contribution in [0.3, 0.4) is 0 Å². The van der Waals surface area contributed by atoms with Crippen LogP contribution >= 0.6 is 23.2 Å². The van der Waals surface area contributed by atoms with E-state index in [1.165, 1.54) is 4.57 Å². The topological polar surface area (TPSA) is 57.2 Å². The van der Waals surface area contributed by atoms with E-state index in [0.29, 0.717) is 32.7 Å². The molecule has 0 aliphatic heterocycles. The quantitative estimate of drug-likeness (QED) is 0.896. The molecule has 4 nitrogen and oxygen atoms in total. The maximum absolute atomic E-state index is 12.1. The van der Waals surface area contributed by atoms with E-state index >= 15 is 0 Å². The van der Waals surface area contributed by atoms with Crippen molar-refractivity contribution in [3.8, 4) is 11.3 Å². The minimum Gasteiger partial charge on any atom is -0.449 e. The van der Waals surface area contributed by atoms with Crippen LogP contribution in [0.15, 0.2) is 24.3 Å². The molecular weight excluding hydrogens is 299 g/mol. The molecule has 2 rings (SSSR count). The SMILES string of the molecule is CCOC(=O)n1c(C)cc(N)c1-c1ccc(Cl)cc1Cl. The molecule has 0 spiro atoms. The average Bonchev–Trinajstić information content (AvgIpc) is 2.64. The normalized spacial score (nSPS) is 10.6. The molecule has 6 heteroatoms. The first-order valence-electron chi connectivity index (χ1n) is 6.06. The Bertz CT molecular complexity index is 665. The predicted molar refractivity (Wildman–Crippen MR) is 81.5 cm³/mol. The van der Waals surface area contributed by atoms with Gasteiger partial charge in [-0.25, -0.2) is 9.36 Å². The van der Waals surface area contributed by atoms with Gasteiger partial charge < -0.3 is 10.5 Å². The van der Waals surface area contributed by atoms with Crippen LogP contribution < -0.4 is 5.73 Å². The molecular formula is C14H14Cl2N2O2. The lowest BCUT2D eigenvalue weighted by Gasteiger charge is -2.12. The highest BCUT2D eigenvalue weighted by Gasteiger charge is 2.20. The van der Waals surface area contributed by atoms with Gasteiger partial charge in [-0.15, -0.1) is 0 Å². The van der Waals surface area contributed by atoms with Crippen molar-refractivity contribution in [2.45, 2.75) is 13.8 Å². The van der Waals surface area contributed by atoms with Crippen LogP contribution in [0.4, 0.5) is 10.5 Å². The molecule has 0 saturated carbocycles. The van der Waals surface area contributed by atoms with Crippen molar-refractivity contribution in [3.63, 3.8) is 0 Å². The highest BCUT2D eigenvalue weighted by Crippen LogP contribution is 2.35. The fourth-order valence-corrected chi connectivity index (χ4v) is 2.54. The van der Waals surface area contributed by atoms with E-state index in [4.69, 9.17) is 33.7 Å². The summed E-state index contributed by atoms with van der Waals surface area (Å²) in [7, 11) is 0. The summed E-state index contributed by atoms with van der Waals surface area (Å²) < 4.78 is 6.46. The molecule has 106 valence electrons. The third kappa shape index (κ3) is 2.62. The number of carbonyl (C=O) groups excluding carboxylic acids is 1. The summed E-state index contributed by atoms with van der Waals surface area (Å²) >= 11 is 12.1. The number of hydrogen-bond donors (Lipinski definition) is 1. The van der Waals surface area contributed by atoms with E-state index in [1.807, 2.05) is 0 Å². The number of halogens is 2. The molecule has 1 aromatic carbocycles. The zero-order valence-corrected chi connectivity index (χ0v) is 12.6. The molecule has 2 aromatic rings. The van der Waals surface area contributed by atoms with Gasteiger partial charge in [0.05, 0.1) is 23.0 Å². The largest absolute Gasteiger partial charge is 0.449 e. The molecule has 0 aliphatic rings. The number of nitrogen functional groups attached to an aromatic ring is 1. The molecule has 0 amide bonds. The summed E-state index contributed by atoms with van der Waals surface area (Å²) in [5.41, 5.74) is 8.29. The van der Waals surface area contributed by atoms with Crippen LogP contribution in [0.1, 0.15) is 12.6 Å². The van der Waals surface area contributed by atoms with E-state index < -0.39 is 6.09 Å². The number of nitrogens with two attached hydrogens (primary N) is 1. The van der Waals surface area contributed by atoms with Crippen molar-refractivity contribution in [3.05, 3.63) is 40.0 Å². The number of aryl methyl sites for hydroxylation is 1. The molecule has 1 aromatic heterocycles. The number of aromatic nitrogens is 1. The van der Waals surface area contributed by atoms with Crippen LogP contribution in [0.5, 0.6) is 0 Å². The van der Waals surface area contributed by atoms with Gasteiger partial charge in [0.2, 0.25) is 0 Å². The molecule has 0 unspecified atom stereocenters. The lowest BCUT2D eigenvalue weighted by atomic mass is 10.1. The number of anilines is 1. The molecule has 0 saturated heterocycles. The summed E-state index contributed by atoms with van der Waals surface area (Å²) in [5, 5.41) is 0.941. The van der Waals surface area contributed by atoms with Crippen LogP contribution in [-0.2, 0) is 4.74 Å². The van der Waals surface area contributed by atoms with E-state index in [-0.39, 0.29) is 6.61 Å². The van der Waals surface area contributed by atoms with Gasteiger partial charge in [-0.3, -0.25) is 0 Å². The number of ether oxygens (including phenoxy) is 1. The Morgan fingerprint density at radius 1 is 1.35 bits per heavy atom. The summed E-state index contributed by atoms with van der Waals surface area (Å²) in [6, 6.07) is 6.73. The predicted octanol–water partition coefficient (Wildman–Crippen LogP) is 4.36. The van der Waals surface area contributed by atoms with Gasteiger partial charge in [-0.1, -0.05) is 23.2 Å². The number of carbonyl (C=O) groups is 1. The second-order valence-corrected chi connectivity index (χ2v) is 5.09. The zero-order valence-electron chi connectivity index (χ0n) is 11.1. The molecule has 0 bridgehead atoms. The zero-order chi connectivity index (χ0) is 14.9. The van der Waals surface area contributed by atoms with E-state index in [0.717, 1.165) is 0 Å². The second-order valence-electron chi connectivity index (χ2n) is 4.25. The van der Waals surface area contributed by atoms with Crippen LogP contribution in [0.25, 0.3) is 11.3 Å².